The molecule has 2 nitrogen and oxygen atoms in total. The second-order valence-electron chi connectivity index (χ2n) is 2.46. The highest BCUT2D eigenvalue weighted by Crippen LogP contribution is 2.04. The van der Waals surface area contributed by atoms with E-state index in [-0.39, 0.29) is 0 Å². The summed E-state index contributed by atoms with van der Waals surface area (Å²) in [6.45, 7) is 8.92. The summed E-state index contributed by atoms with van der Waals surface area (Å²) in [6.07, 6.45) is 0. The molecular formula is C7H15N2. The molecule has 0 aromatic heterocycles. The molecule has 0 amide bonds. The smallest absolute Gasteiger partial charge is 0.0378 e. The summed E-state index contributed by atoms with van der Waals surface area (Å²) in [4.78, 5) is 2.47. The maximum atomic E-state index is 4.17. The quantitative estimate of drug-likeness (QED) is 0.533. The minimum absolute atomic E-state index is 0.778. The molecule has 53 valence electrons. The maximum absolute atomic E-state index is 4.17. The van der Waals surface area contributed by atoms with Crippen molar-refractivity contribution in [2.45, 2.75) is 19.9 Å². The van der Waals surface area contributed by atoms with Crippen LogP contribution in [-0.4, -0.2) is 37.1 Å². The van der Waals surface area contributed by atoms with Crippen molar-refractivity contribution in [1.29, 1.82) is 0 Å². The van der Waals surface area contributed by atoms with Crippen molar-refractivity contribution < 1.29 is 0 Å². The minimum Gasteiger partial charge on any atom is -0.298 e. The van der Waals surface area contributed by atoms with Gasteiger partial charge in [0.1, 0.15) is 0 Å². The zero-order valence-corrected chi connectivity index (χ0v) is 6.30. The second-order valence-corrected chi connectivity index (χ2v) is 2.46. The number of rotatable bonds is 3. The average Bonchev–Trinajstić information content (AvgIpc) is 1.78. The van der Waals surface area contributed by atoms with Gasteiger partial charge in [-0.1, -0.05) is 13.8 Å². The van der Waals surface area contributed by atoms with Crippen LogP contribution < -0.4 is 5.32 Å². The first-order valence-electron chi connectivity index (χ1n) is 3.75. The third-order valence-electron chi connectivity index (χ3n) is 2.01. The van der Waals surface area contributed by atoms with Gasteiger partial charge in [0.15, 0.2) is 0 Å². The van der Waals surface area contributed by atoms with Crippen LogP contribution in [0.2, 0.25) is 0 Å². The zero-order chi connectivity index (χ0) is 6.69. The Morgan fingerprint density at radius 1 is 1.33 bits per heavy atom. The molecule has 0 N–H and O–H groups in total. The number of hydrogen-bond donors (Lipinski definition) is 0. The lowest BCUT2D eigenvalue weighted by atomic mass is 10.1. The van der Waals surface area contributed by atoms with Crippen LogP contribution in [-0.2, 0) is 0 Å². The SMILES string of the molecule is CCN(CC)C1C[N]C1. The van der Waals surface area contributed by atoms with Crippen molar-refractivity contribution in [2.75, 3.05) is 26.2 Å². The van der Waals surface area contributed by atoms with E-state index in [4.69, 9.17) is 0 Å². The van der Waals surface area contributed by atoms with Gasteiger partial charge in [-0.05, 0) is 13.1 Å². The zero-order valence-electron chi connectivity index (χ0n) is 6.30. The molecule has 0 saturated carbocycles. The Bertz CT molecular complexity index is 75.0. The monoisotopic (exact) mass is 127 g/mol. The molecule has 0 aromatic rings. The fourth-order valence-corrected chi connectivity index (χ4v) is 1.22. The minimum atomic E-state index is 0.778. The molecule has 1 aliphatic rings. The normalized spacial score (nSPS) is 20.3. The molecule has 0 unspecified atom stereocenters. The molecule has 1 aliphatic heterocycles. The highest BCUT2D eigenvalue weighted by Gasteiger charge is 2.22. The van der Waals surface area contributed by atoms with Crippen LogP contribution in [0.4, 0.5) is 0 Å². The molecule has 0 spiro atoms. The van der Waals surface area contributed by atoms with Crippen molar-refractivity contribution >= 4 is 0 Å². The van der Waals surface area contributed by atoms with Crippen molar-refractivity contribution in [1.82, 2.24) is 10.2 Å². The van der Waals surface area contributed by atoms with E-state index in [2.05, 4.69) is 24.1 Å². The first-order chi connectivity index (χ1) is 4.38. The van der Waals surface area contributed by atoms with Crippen LogP contribution in [0, 0.1) is 0 Å². The summed E-state index contributed by atoms with van der Waals surface area (Å²) in [5.74, 6) is 0. The van der Waals surface area contributed by atoms with E-state index >= 15 is 0 Å². The Kier molecular flexibility index (Phi) is 2.49. The molecule has 2 heteroatoms. The van der Waals surface area contributed by atoms with Gasteiger partial charge in [0.25, 0.3) is 0 Å². The van der Waals surface area contributed by atoms with Crippen molar-refractivity contribution in [3.63, 3.8) is 0 Å². The van der Waals surface area contributed by atoms with Gasteiger partial charge in [0.2, 0.25) is 0 Å². The lowest BCUT2D eigenvalue weighted by molar-refractivity contribution is 0.157. The Hall–Kier alpha value is -0.0800. The highest BCUT2D eigenvalue weighted by atomic mass is 15.2. The molecule has 0 bridgehead atoms. The van der Waals surface area contributed by atoms with Gasteiger partial charge in [0.05, 0.1) is 0 Å². The van der Waals surface area contributed by atoms with Gasteiger partial charge in [-0.3, -0.25) is 4.90 Å². The molecule has 9 heavy (non-hydrogen) atoms. The Morgan fingerprint density at radius 2 is 1.89 bits per heavy atom. The summed E-state index contributed by atoms with van der Waals surface area (Å²) in [7, 11) is 0. The van der Waals surface area contributed by atoms with E-state index in [0.717, 1.165) is 19.1 Å². The Labute approximate surface area is 57.2 Å². The second kappa shape index (κ2) is 3.18. The van der Waals surface area contributed by atoms with Crippen LogP contribution in [0.3, 0.4) is 0 Å². The molecule has 1 fully saturated rings. The average molecular weight is 127 g/mol. The van der Waals surface area contributed by atoms with Gasteiger partial charge in [-0.25, -0.2) is 5.32 Å². The molecule has 1 saturated heterocycles. The summed E-state index contributed by atoms with van der Waals surface area (Å²) < 4.78 is 0. The third-order valence-corrected chi connectivity index (χ3v) is 2.01. The van der Waals surface area contributed by atoms with Gasteiger partial charge in [0, 0.05) is 19.1 Å². The van der Waals surface area contributed by atoms with E-state index < -0.39 is 0 Å². The fraction of sp³-hybridized carbons (Fsp3) is 1.00. The first-order valence-corrected chi connectivity index (χ1v) is 3.75. The Balaban J connectivity index is 2.19. The standard InChI is InChI=1S/C7H15N2/c1-3-9(4-2)7-5-8-6-7/h7H,3-6H2,1-2H3. The van der Waals surface area contributed by atoms with E-state index in [0.29, 0.717) is 0 Å². The van der Waals surface area contributed by atoms with Crippen molar-refractivity contribution in [3.8, 4) is 0 Å². The van der Waals surface area contributed by atoms with E-state index in [1.165, 1.54) is 13.1 Å². The van der Waals surface area contributed by atoms with Gasteiger partial charge < -0.3 is 0 Å². The number of likely N-dealkylation sites (N-methyl/N-ethyl adjacent to an activating group) is 1. The predicted octanol–water partition coefficient (Wildman–Crippen LogP) is 0.315. The van der Waals surface area contributed by atoms with Crippen LogP contribution in [0.15, 0.2) is 0 Å². The van der Waals surface area contributed by atoms with E-state index in [1.54, 1.807) is 0 Å². The van der Waals surface area contributed by atoms with Crippen LogP contribution >= 0.6 is 0 Å². The molecule has 1 rings (SSSR count). The van der Waals surface area contributed by atoms with Crippen LogP contribution in [0.5, 0.6) is 0 Å². The molecular weight excluding hydrogens is 112 g/mol. The molecule has 0 aliphatic carbocycles. The molecule has 1 heterocycles. The van der Waals surface area contributed by atoms with E-state index in [9.17, 15) is 0 Å². The van der Waals surface area contributed by atoms with E-state index in [1.807, 2.05) is 0 Å². The highest BCUT2D eigenvalue weighted by molar-refractivity contribution is 4.82. The van der Waals surface area contributed by atoms with Crippen molar-refractivity contribution in [2.24, 2.45) is 0 Å². The fourth-order valence-electron chi connectivity index (χ4n) is 1.22. The third kappa shape index (κ3) is 1.43. The topological polar surface area (TPSA) is 17.3 Å². The first kappa shape index (κ1) is 7.03. The molecule has 0 aromatic carbocycles. The van der Waals surface area contributed by atoms with Crippen molar-refractivity contribution in [3.05, 3.63) is 0 Å². The van der Waals surface area contributed by atoms with Gasteiger partial charge in [-0.15, -0.1) is 0 Å². The summed E-state index contributed by atoms with van der Waals surface area (Å²) in [5.41, 5.74) is 0. The number of hydrogen-bond acceptors (Lipinski definition) is 1. The number of nitrogens with zero attached hydrogens (tertiary/aromatic N) is 2. The lowest BCUT2D eigenvalue weighted by Gasteiger charge is -2.35. The maximum Gasteiger partial charge on any atom is 0.0378 e. The van der Waals surface area contributed by atoms with Gasteiger partial charge in [-0.2, -0.15) is 0 Å². The van der Waals surface area contributed by atoms with Crippen LogP contribution in [0.1, 0.15) is 13.8 Å². The summed E-state index contributed by atoms with van der Waals surface area (Å²) in [6, 6.07) is 0.778. The Morgan fingerprint density at radius 3 is 2.00 bits per heavy atom. The lowest BCUT2D eigenvalue weighted by Crippen LogP contribution is -2.53. The van der Waals surface area contributed by atoms with Gasteiger partial charge >= 0.3 is 0 Å². The molecule has 0 atom stereocenters. The largest absolute Gasteiger partial charge is 0.298 e. The summed E-state index contributed by atoms with van der Waals surface area (Å²) in [5, 5.41) is 4.17. The molecule has 1 radical (unpaired) electrons. The summed E-state index contributed by atoms with van der Waals surface area (Å²) >= 11 is 0. The predicted molar refractivity (Wildman–Crippen MR) is 38.6 cm³/mol. The van der Waals surface area contributed by atoms with Crippen LogP contribution in [0.25, 0.3) is 0 Å².